The zero-order chi connectivity index (χ0) is 11.3. The maximum absolute atomic E-state index is 11.6. The van der Waals surface area contributed by atoms with Gasteiger partial charge in [0, 0.05) is 17.3 Å². The number of Topliss-reactive ketones (excluding diaryl/α,β-unsaturated/α-hetero) is 1. The Labute approximate surface area is 106 Å². The van der Waals surface area contributed by atoms with Crippen LogP contribution in [-0.4, -0.2) is 17.7 Å². The van der Waals surface area contributed by atoms with E-state index in [2.05, 4.69) is 31.9 Å². The van der Waals surface area contributed by atoms with Crippen molar-refractivity contribution >= 4 is 37.6 Å². The SMILES string of the molecule is CCOc1ccc(C(=O)CCBr)cc1Br. The van der Waals surface area contributed by atoms with E-state index < -0.39 is 0 Å². The smallest absolute Gasteiger partial charge is 0.163 e. The highest BCUT2D eigenvalue weighted by Crippen LogP contribution is 2.26. The molecule has 0 fully saturated rings. The van der Waals surface area contributed by atoms with Crippen LogP contribution in [0.1, 0.15) is 23.7 Å². The maximum Gasteiger partial charge on any atom is 0.163 e. The van der Waals surface area contributed by atoms with Gasteiger partial charge >= 0.3 is 0 Å². The topological polar surface area (TPSA) is 26.3 Å². The van der Waals surface area contributed by atoms with Crippen molar-refractivity contribution in [2.45, 2.75) is 13.3 Å². The molecule has 0 N–H and O–H groups in total. The number of ketones is 1. The monoisotopic (exact) mass is 334 g/mol. The van der Waals surface area contributed by atoms with E-state index in [0.717, 1.165) is 10.2 Å². The molecule has 1 rings (SSSR count). The third-order valence-electron chi connectivity index (χ3n) is 1.88. The van der Waals surface area contributed by atoms with Gasteiger partial charge in [-0.15, -0.1) is 0 Å². The number of halogens is 2. The predicted molar refractivity (Wildman–Crippen MR) is 68.1 cm³/mol. The zero-order valence-electron chi connectivity index (χ0n) is 8.43. The molecule has 0 aliphatic heterocycles. The first-order valence-corrected chi connectivity index (χ1v) is 6.62. The third-order valence-corrected chi connectivity index (χ3v) is 2.89. The van der Waals surface area contributed by atoms with Crippen LogP contribution in [0.15, 0.2) is 22.7 Å². The quantitative estimate of drug-likeness (QED) is 0.604. The fourth-order valence-electron chi connectivity index (χ4n) is 1.18. The summed E-state index contributed by atoms with van der Waals surface area (Å²) in [5, 5.41) is 0.691. The summed E-state index contributed by atoms with van der Waals surface area (Å²) in [6.07, 6.45) is 0.514. The number of hydrogen-bond acceptors (Lipinski definition) is 2. The van der Waals surface area contributed by atoms with Crippen LogP contribution in [0.4, 0.5) is 0 Å². The van der Waals surface area contributed by atoms with Gasteiger partial charge in [0.05, 0.1) is 11.1 Å². The molecule has 15 heavy (non-hydrogen) atoms. The molecule has 0 amide bonds. The standard InChI is InChI=1S/C11H12Br2O2/c1-2-15-11-4-3-8(7-9(11)13)10(14)5-6-12/h3-4,7H,2,5-6H2,1H3. The van der Waals surface area contributed by atoms with E-state index in [1.165, 1.54) is 0 Å². The maximum atomic E-state index is 11.6. The summed E-state index contributed by atoms with van der Waals surface area (Å²) in [5.74, 6) is 0.906. The molecule has 0 bridgehead atoms. The highest BCUT2D eigenvalue weighted by Gasteiger charge is 2.08. The molecule has 82 valence electrons. The first kappa shape index (κ1) is 12.7. The van der Waals surface area contributed by atoms with Gasteiger partial charge in [-0.1, -0.05) is 15.9 Å². The summed E-state index contributed by atoms with van der Waals surface area (Å²) < 4.78 is 6.19. The molecule has 0 aromatic heterocycles. The van der Waals surface area contributed by atoms with Crippen LogP contribution in [0.3, 0.4) is 0 Å². The van der Waals surface area contributed by atoms with Gasteiger partial charge in [-0.25, -0.2) is 0 Å². The number of rotatable bonds is 5. The summed E-state index contributed by atoms with van der Waals surface area (Å²) >= 11 is 6.63. The molecule has 0 unspecified atom stereocenters. The largest absolute Gasteiger partial charge is 0.493 e. The summed E-state index contributed by atoms with van der Waals surface area (Å²) in [4.78, 5) is 11.6. The minimum atomic E-state index is 0.135. The molecule has 1 aromatic rings. The molecule has 0 heterocycles. The van der Waals surface area contributed by atoms with Gasteiger partial charge < -0.3 is 4.74 Å². The number of hydrogen-bond donors (Lipinski definition) is 0. The second kappa shape index (κ2) is 6.28. The normalized spacial score (nSPS) is 10.1. The van der Waals surface area contributed by atoms with Crippen molar-refractivity contribution in [1.29, 1.82) is 0 Å². The van der Waals surface area contributed by atoms with Crippen molar-refractivity contribution in [2.75, 3.05) is 11.9 Å². The Balaban J connectivity index is 2.86. The second-order valence-electron chi connectivity index (χ2n) is 2.94. The van der Waals surface area contributed by atoms with Crippen molar-refractivity contribution in [3.8, 4) is 5.75 Å². The lowest BCUT2D eigenvalue weighted by Crippen LogP contribution is -2.00. The first-order valence-electron chi connectivity index (χ1n) is 4.70. The van der Waals surface area contributed by atoms with Crippen LogP contribution >= 0.6 is 31.9 Å². The highest BCUT2D eigenvalue weighted by molar-refractivity contribution is 9.10. The predicted octanol–water partition coefficient (Wildman–Crippen LogP) is 3.82. The lowest BCUT2D eigenvalue weighted by atomic mass is 10.1. The van der Waals surface area contributed by atoms with Crippen molar-refractivity contribution < 1.29 is 9.53 Å². The molecular formula is C11H12Br2O2. The Kier molecular flexibility index (Phi) is 5.32. The number of benzene rings is 1. The minimum absolute atomic E-state index is 0.135. The number of alkyl halides is 1. The molecular weight excluding hydrogens is 324 g/mol. The Hall–Kier alpha value is -0.350. The molecule has 2 nitrogen and oxygen atoms in total. The Morgan fingerprint density at radius 2 is 2.20 bits per heavy atom. The Morgan fingerprint density at radius 1 is 1.47 bits per heavy atom. The second-order valence-corrected chi connectivity index (χ2v) is 4.59. The van der Waals surface area contributed by atoms with Gasteiger partial charge in [-0.05, 0) is 41.1 Å². The first-order chi connectivity index (χ1) is 7.19. The van der Waals surface area contributed by atoms with Crippen molar-refractivity contribution in [3.63, 3.8) is 0 Å². The van der Waals surface area contributed by atoms with E-state index in [4.69, 9.17) is 4.74 Å². The van der Waals surface area contributed by atoms with Gasteiger partial charge in [0.2, 0.25) is 0 Å². The van der Waals surface area contributed by atoms with Gasteiger partial charge in [0.25, 0.3) is 0 Å². The van der Waals surface area contributed by atoms with Crippen molar-refractivity contribution in [3.05, 3.63) is 28.2 Å². The van der Waals surface area contributed by atoms with Crippen LogP contribution in [0, 0.1) is 0 Å². The van der Waals surface area contributed by atoms with E-state index in [1.54, 1.807) is 12.1 Å². The Bertz CT molecular complexity index is 350. The zero-order valence-corrected chi connectivity index (χ0v) is 11.6. The fraction of sp³-hybridized carbons (Fsp3) is 0.364. The minimum Gasteiger partial charge on any atom is -0.493 e. The fourth-order valence-corrected chi connectivity index (χ4v) is 2.03. The molecule has 0 spiro atoms. The molecule has 0 saturated heterocycles. The van der Waals surface area contributed by atoms with Crippen molar-refractivity contribution in [1.82, 2.24) is 0 Å². The summed E-state index contributed by atoms with van der Waals surface area (Å²) in [6, 6.07) is 5.41. The lowest BCUT2D eigenvalue weighted by Gasteiger charge is -2.07. The number of ether oxygens (including phenoxy) is 1. The van der Waals surface area contributed by atoms with Crippen LogP contribution in [-0.2, 0) is 0 Å². The number of carbonyl (C=O) groups is 1. The van der Waals surface area contributed by atoms with Gasteiger partial charge in [0.15, 0.2) is 5.78 Å². The van der Waals surface area contributed by atoms with Gasteiger partial charge in [-0.3, -0.25) is 4.79 Å². The average molecular weight is 336 g/mol. The summed E-state index contributed by atoms with van der Waals surface area (Å²) in [6.45, 7) is 2.55. The molecule has 1 aromatic carbocycles. The molecule has 0 atom stereocenters. The van der Waals surface area contributed by atoms with E-state index in [1.807, 2.05) is 13.0 Å². The van der Waals surface area contributed by atoms with Crippen LogP contribution in [0.2, 0.25) is 0 Å². The lowest BCUT2D eigenvalue weighted by molar-refractivity contribution is 0.0990. The van der Waals surface area contributed by atoms with Gasteiger partial charge in [-0.2, -0.15) is 0 Å². The summed E-state index contributed by atoms with van der Waals surface area (Å²) in [7, 11) is 0. The van der Waals surface area contributed by atoms with E-state index in [-0.39, 0.29) is 5.78 Å². The van der Waals surface area contributed by atoms with Crippen LogP contribution in [0.5, 0.6) is 5.75 Å². The average Bonchev–Trinajstić information content (AvgIpc) is 2.21. The third kappa shape index (κ3) is 3.61. The number of carbonyl (C=O) groups excluding carboxylic acids is 1. The molecule has 0 radical (unpaired) electrons. The molecule has 4 heteroatoms. The van der Waals surface area contributed by atoms with Crippen LogP contribution < -0.4 is 4.74 Å². The van der Waals surface area contributed by atoms with E-state index in [9.17, 15) is 4.79 Å². The van der Waals surface area contributed by atoms with Gasteiger partial charge in [0.1, 0.15) is 5.75 Å². The Morgan fingerprint density at radius 3 is 2.73 bits per heavy atom. The summed E-state index contributed by atoms with van der Waals surface area (Å²) in [5.41, 5.74) is 0.713. The van der Waals surface area contributed by atoms with E-state index in [0.29, 0.717) is 23.9 Å². The van der Waals surface area contributed by atoms with E-state index >= 15 is 0 Å². The molecule has 0 saturated carbocycles. The van der Waals surface area contributed by atoms with Crippen LogP contribution in [0.25, 0.3) is 0 Å². The van der Waals surface area contributed by atoms with Crippen molar-refractivity contribution in [2.24, 2.45) is 0 Å². The molecule has 0 aliphatic carbocycles. The highest BCUT2D eigenvalue weighted by atomic mass is 79.9. The molecule has 0 aliphatic rings.